The lowest BCUT2D eigenvalue weighted by molar-refractivity contribution is -0.134. The molecule has 3 nitrogen and oxygen atoms in total. The highest BCUT2D eigenvalue weighted by atomic mass is 16.5. The average Bonchev–Trinajstić information content (AvgIpc) is 2.65. The van der Waals surface area contributed by atoms with Crippen molar-refractivity contribution >= 4 is 17.7 Å². The largest absolute Gasteiger partial charge is 0.462 e. The van der Waals surface area contributed by atoms with Gasteiger partial charge in [-0.25, -0.2) is 4.79 Å². The number of anilines is 1. The molecular weight excluding hydrogens is 202 g/mol. The Kier molecular flexibility index (Phi) is 2.95. The topological polar surface area (TPSA) is 29.5 Å². The SMILES string of the molecule is CN(C)c1ccc(/C=C2\CCOC2=O)cc1. The Morgan fingerprint density at radius 3 is 2.44 bits per heavy atom. The zero-order valence-electron chi connectivity index (χ0n) is 9.56. The Bertz CT molecular complexity index is 418. The van der Waals surface area contributed by atoms with Crippen LogP contribution in [-0.4, -0.2) is 26.7 Å². The van der Waals surface area contributed by atoms with Gasteiger partial charge in [0.05, 0.1) is 6.61 Å². The third-order valence-electron chi connectivity index (χ3n) is 2.62. The minimum atomic E-state index is -0.184. The standard InChI is InChI=1S/C13H15NO2/c1-14(2)12-5-3-10(4-6-12)9-11-7-8-16-13(11)15/h3-6,9H,7-8H2,1-2H3/b11-9+. The third kappa shape index (κ3) is 2.24. The predicted octanol–water partition coefficient (Wildman–Crippen LogP) is 2.08. The molecule has 1 heterocycles. The Morgan fingerprint density at radius 2 is 1.94 bits per heavy atom. The van der Waals surface area contributed by atoms with Gasteiger partial charge in [0, 0.05) is 31.8 Å². The molecule has 84 valence electrons. The molecule has 1 aromatic carbocycles. The van der Waals surface area contributed by atoms with Crippen molar-refractivity contribution < 1.29 is 9.53 Å². The van der Waals surface area contributed by atoms with Gasteiger partial charge < -0.3 is 9.64 Å². The third-order valence-corrected chi connectivity index (χ3v) is 2.62. The molecule has 0 amide bonds. The molecule has 0 saturated carbocycles. The van der Waals surface area contributed by atoms with E-state index in [0.717, 1.165) is 16.8 Å². The van der Waals surface area contributed by atoms with Crippen molar-refractivity contribution in [3.63, 3.8) is 0 Å². The Morgan fingerprint density at radius 1 is 1.25 bits per heavy atom. The molecule has 0 aromatic heterocycles. The Labute approximate surface area is 95.3 Å². The molecule has 0 N–H and O–H groups in total. The van der Waals surface area contributed by atoms with E-state index in [9.17, 15) is 4.79 Å². The van der Waals surface area contributed by atoms with Gasteiger partial charge in [0.25, 0.3) is 0 Å². The predicted molar refractivity (Wildman–Crippen MR) is 64.3 cm³/mol. The van der Waals surface area contributed by atoms with E-state index in [-0.39, 0.29) is 5.97 Å². The number of carbonyl (C=O) groups is 1. The lowest BCUT2D eigenvalue weighted by Gasteiger charge is -2.11. The molecular formula is C13H15NO2. The lowest BCUT2D eigenvalue weighted by atomic mass is 10.1. The second-order valence-corrected chi connectivity index (χ2v) is 4.04. The Hall–Kier alpha value is -1.77. The summed E-state index contributed by atoms with van der Waals surface area (Å²) in [6.07, 6.45) is 2.61. The van der Waals surface area contributed by atoms with Gasteiger partial charge >= 0.3 is 5.97 Å². The van der Waals surface area contributed by atoms with E-state index < -0.39 is 0 Å². The highest BCUT2D eigenvalue weighted by Gasteiger charge is 2.17. The molecule has 0 spiro atoms. The number of ether oxygens (including phenoxy) is 1. The molecule has 0 atom stereocenters. The molecule has 1 aromatic rings. The van der Waals surface area contributed by atoms with Gasteiger partial charge in [-0.3, -0.25) is 0 Å². The summed E-state index contributed by atoms with van der Waals surface area (Å²) in [4.78, 5) is 13.3. The van der Waals surface area contributed by atoms with Crippen molar-refractivity contribution in [1.82, 2.24) is 0 Å². The molecule has 1 aliphatic rings. The van der Waals surface area contributed by atoms with Gasteiger partial charge in [0.1, 0.15) is 0 Å². The fraction of sp³-hybridized carbons (Fsp3) is 0.308. The van der Waals surface area contributed by atoms with E-state index in [1.165, 1.54) is 0 Å². The molecule has 16 heavy (non-hydrogen) atoms. The highest BCUT2D eigenvalue weighted by Crippen LogP contribution is 2.19. The average molecular weight is 217 g/mol. The van der Waals surface area contributed by atoms with E-state index in [2.05, 4.69) is 0 Å². The first-order chi connectivity index (χ1) is 7.66. The molecule has 1 fully saturated rings. The summed E-state index contributed by atoms with van der Waals surface area (Å²) in [7, 11) is 4.00. The molecule has 0 radical (unpaired) electrons. The van der Waals surface area contributed by atoms with Crippen LogP contribution < -0.4 is 4.90 Å². The minimum Gasteiger partial charge on any atom is -0.462 e. The molecule has 0 unspecified atom stereocenters. The van der Waals surface area contributed by atoms with E-state index in [1.807, 2.05) is 49.3 Å². The number of nitrogens with zero attached hydrogens (tertiary/aromatic N) is 1. The Balaban J connectivity index is 2.19. The van der Waals surface area contributed by atoms with Gasteiger partial charge in [-0.1, -0.05) is 12.1 Å². The summed E-state index contributed by atoms with van der Waals surface area (Å²) in [5.41, 5.74) is 2.95. The maximum absolute atomic E-state index is 11.3. The fourth-order valence-corrected chi connectivity index (χ4v) is 1.65. The molecule has 1 aliphatic heterocycles. The van der Waals surface area contributed by atoms with Crippen LogP contribution in [0.5, 0.6) is 0 Å². The number of carbonyl (C=O) groups excluding carboxylic acids is 1. The van der Waals surface area contributed by atoms with E-state index in [0.29, 0.717) is 13.0 Å². The minimum absolute atomic E-state index is 0.184. The second-order valence-electron chi connectivity index (χ2n) is 4.04. The highest BCUT2D eigenvalue weighted by molar-refractivity contribution is 5.95. The monoisotopic (exact) mass is 217 g/mol. The van der Waals surface area contributed by atoms with Crippen LogP contribution in [0.3, 0.4) is 0 Å². The smallest absolute Gasteiger partial charge is 0.334 e. The molecule has 3 heteroatoms. The number of hydrogen-bond acceptors (Lipinski definition) is 3. The summed E-state index contributed by atoms with van der Waals surface area (Å²) < 4.78 is 4.88. The van der Waals surface area contributed by atoms with Crippen LogP contribution in [0.4, 0.5) is 5.69 Å². The molecule has 0 bridgehead atoms. The first-order valence-corrected chi connectivity index (χ1v) is 5.32. The zero-order valence-corrected chi connectivity index (χ0v) is 9.56. The van der Waals surface area contributed by atoms with Crippen molar-refractivity contribution in [1.29, 1.82) is 0 Å². The molecule has 1 saturated heterocycles. The van der Waals surface area contributed by atoms with Gasteiger partial charge in [0.2, 0.25) is 0 Å². The van der Waals surface area contributed by atoms with Gasteiger partial charge in [-0.15, -0.1) is 0 Å². The van der Waals surface area contributed by atoms with Crippen molar-refractivity contribution in [2.24, 2.45) is 0 Å². The summed E-state index contributed by atoms with van der Waals surface area (Å²) in [5, 5.41) is 0. The van der Waals surface area contributed by atoms with E-state index in [4.69, 9.17) is 4.74 Å². The lowest BCUT2D eigenvalue weighted by Crippen LogP contribution is -2.07. The summed E-state index contributed by atoms with van der Waals surface area (Å²) in [6, 6.07) is 8.08. The van der Waals surface area contributed by atoms with Crippen molar-refractivity contribution in [3.8, 4) is 0 Å². The first kappa shape index (κ1) is 10.7. The van der Waals surface area contributed by atoms with Crippen LogP contribution in [0.1, 0.15) is 12.0 Å². The summed E-state index contributed by atoms with van der Waals surface area (Å²) in [6.45, 7) is 0.514. The summed E-state index contributed by atoms with van der Waals surface area (Å²) >= 11 is 0. The van der Waals surface area contributed by atoms with Crippen LogP contribution in [-0.2, 0) is 9.53 Å². The van der Waals surface area contributed by atoms with Gasteiger partial charge in [0.15, 0.2) is 0 Å². The van der Waals surface area contributed by atoms with Gasteiger partial charge in [-0.05, 0) is 23.8 Å². The maximum atomic E-state index is 11.3. The normalized spacial score (nSPS) is 17.6. The number of benzene rings is 1. The number of rotatable bonds is 2. The van der Waals surface area contributed by atoms with Crippen LogP contribution >= 0.6 is 0 Å². The quantitative estimate of drug-likeness (QED) is 0.561. The first-order valence-electron chi connectivity index (χ1n) is 5.32. The van der Waals surface area contributed by atoms with Crippen molar-refractivity contribution in [2.75, 3.05) is 25.6 Å². The number of hydrogen-bond donors (Lipinski definition) is 0. The zero-order chi connectivity index (χ0) is 11.5. The number of cyclic esters (lactones) is 1. The van der Waals surface area contributed by atoms with Crippen LogP contribution in [0, 0.1) is 0 Å². The molecule has 0 aliphatic carbocycles. The van der Waals surface area contributed by atoms with Crippen molar-refractivity contribution in [3.05, 3.63) is 35.4 Å². The molecule has 2 rings (SSSR count). The second kappa shape index (κ2) is 4.39. The van der Waals surface area contributed by atoms with E-state index >= 15 is 0 Å². The maximum Gasteiger partial charge on any atom is 0.334 e. The van der Waals surface area contributed by atoms with E-state index in [1.54, 1.807) is 0 Å². The van der Waals surface area contributed by atoms with Gasteiger partial charge in [-0.2, -0.15) is 0 Å². The fourth-order valence-electron chi connectivity index (χ4n) is 1.65. The summed E-state index contributed by atoms with van der Waals surface area (Å²) in [5.74, 6) is -0.184. The number of esters is 1. The van der Waals surface area contributed by atoms with Crippen molar-refractivity contribution in [2.45, 2.75) is 6.42 Å². The van der Waals surface area contributed by atoms with Crippen LogP contribution in [0.15, 0.2) is 29.8 Å². The van der Waals surface area contributed by atoms with Crippen LogP contribution in [0.25, 0.3) is 6.08 Å². The van der Waals surface area contributed by atoms with Crippen LogP contribution in [0.2, 0.25) is 0 Å².